The van der Waals surface area contributed by atoms with Crippen LogP contribution in [0.2, 0.25) is 0 Å². The summed E-state index contributed by atoms with van der Waals surface area (Å²) in [5.41, 5.74) is 6.28. The average Bonchev–Trinajstić information content (AvgIpc) is 2.53. The van der Waals surface area contributed by atoms with Gasteiger partial charge in [-0.15, -0.1) is 0 Å². The van der Waals surface area contributed by atoms with Crippen LogP contribution >= 0.6 is 0 Å². The second kappa shape index (κ2) is 6.57. The summed E-state index contributed by atoms with van der Waals surface area (Å²) >= 11 is 0. The number of hydrogen-bond acceptors (Lipinski definition) is 5. The Labute approximate surface area is 126 Å². The molecule has 114 valence electrons. The number of benzene rings is 2. The molecule has 0 saturated heterocycles. The summed E-state index contributed by atoms with van der Waals surface area (Å²) in [5, 5.41) is 13.5. The number of nitro benzene ring substituents is 1. The van der Waals surface area contributed by atoms with Crippen molar-refractivity contribution in [2.45, 2.75) is 6.54 Å². The molecule has 0 heterocycles. The number of ether oxygens (including phenoxy) is 1. The van der Waals surface area contributed by atoms with Crippen LogP contribution < -0.4 is 15.8 Å². The maximum atomic E-state index is 12.1. The van der Waals surface area contributed by atoms with Gasteiger partial charge >= 0.3 is 0 Å². The molecule has 0 atom stereocenters. The number of carbonyl (C=O) groups is 1. The van der Waals surface area contributed by atoms with Gasteiger partial charge in [0, 0.05) is 18.2 Å². The van der Waals surface area contributed by atoms with Gasteiger partial charge in [0.05, 0.1) is 12.0 Å². The van der Waals surface area contributed by atoms with Gasteiger partial charge in [-0.2, -0.15) is 0 Å². The monoisotopic (exact) mass is 301 g/mol. The van der Waals surface area contributed by atoms with E-state index >= 15 is 0 Å². The van der Waals surface area contributed by atoms with Gasteiger partial charge in [0.15, 0.2) is 0 Å². The number of nitrogen functional groups attached to an aromatic ring is 1. The minimum Gasteiger partial charge on any atom is -0.497 e. The highest BCUT2D eigenvalue weighted by molar-refractivity contribution is 5.95. The second-order valence-electron chi connectivity index (χ2n) is 4.56. The molecule has 0 aliphatic heterocycles. The van der Waals surface area contributed by atoms with Crippen LogP contribution in [-0.2, 0) is 6.54 Å². The Balaban J connectivity index is 2.09. The van der Waals surface area contributed by atoms with Crippen molar-refractivity contribution in [3.05, 3.63) is 63.7 Å². The molecule has 22 heavy (non-hydrogen) atoms. The van der Waals surface area contributed by atoms with E-state index in [1.54, 1.807) is 19.2 Å². The molecule has 0 fully saturated rings. The molecule has 2 rings (SSSR count). The quantitative estimate of drug-likeness (QED) is 0.499. The Bertz CT molecular complexity index is 716. The predicted molar refractivity (Wildman–Crippen MR) is 81.7 cm³/mol. The van der Waals surface area contributed by atoms with Crippen molar-refractivity contribution in [2.75, 3.05) is 12.8 Å². The Kier molecular flexibility index (Phi) is 4.57. The molecule has 7 heteroatoms. The minimum absolute atomic E-state index is 0.0225. The maximum Gasteiger partial charge on any atom is 0.292 e. The zero-order chi connectivity index (χ0) is 16.1. The number of hydrogen-bond donors (Lipinski definition) is 2. The van der Waals surface area contributed by atoms with Gasteiger partial charge in [0.2, 0.25) is 0 Å². The SMILES string of the molecule is COc1cccc(CNC(=O)c2ccc(N)c([N+](=O)[O-])c2)c1. The standard InChI is InChI=1S/C15H15N3O4/c1-22-12-4-2-3-10(7-12)9-17-15(19)11-5-6-13(16)14(8-11)18(20)21/h2-8H,9,16H2,1H3,(H,17,19). The van der Waals surface area contributed by atoms with Crippen LogP contribution in [0.5, 0.6) is 5.75 Å². The molecule has 0 aromatic heterocycles. The number of nitrogens with one attached hydrogen (secondary N) is 1. The van der Waals surface area contributed by atoms with E-state index in [1.807, 2.05) is 12.1 Å². The van der Waals surface area contributed by atoms with Crippen LogP contribution in [0.25, 0.3) is 0 Å². The topological polar surface area (TPSA) is 107 Å². The van der Waals surface area contributed by atoms with Crippen LogP contribution in [0.4, 0.5) is 11.4 Å². The van der Waals surface area contributed by atoms with Gasteiger partial charge < -0.3 is 15.8 Å². The van der Waals surface area contributed by atoms with Gasteiger partial charge in [-0.25, -0.2) is 0 Å². The molecule has 0 aliphatic carbocycles. The summed E-state index contributed by atoms with van der Waals surface area (Å²) in [7, 11) is 1.56. The first-order valence-corrected chi connectivity index (χ1v) is 6.46. The smallest absolute Gasteiger partial charge is 0.292 e. The molecular formula is C15H15N3O4. The molecule has 0 bridgehead atoms. The van der Waals surface area contributed by atoms with E-state index < -0.39 is 10.8 Å². The van der Waals surface area contributed by atoms with Crippen molar-refractivity contribution in [1.29, 1.82) is 0 Å². The van der Waals surface area contributed by atoms with Gasteiger partial charge in [-0.3, -0.25) is 14.9 Å². The number of anilines is 1. The lowest BCUT2D eigenvalue weighted by Crippen LogP contribution is -2.22. The largest absolute Gasteiger partial charge is 0.497 e. The number of rotatable bonds is 5. The summed E-state index contributed by atoms with van der Waals surface area (Å²) in [5.74, 6) is 0.279. The molecule has 7 nitrogen and oxygen atoms in total. The van der Waals surface area contributed by atoms with E-state index in [1.165, 1.54) is 12.1 Å². The van der Waals surface area contributed by atoms with Gasteiger partial charge in [0.25, 0.3) is 11.6 Å². The molecule has 0 aliphatic rings. The van der Waals surface area contributed by atoms with Crippen LogP contribution in [0.1, 0.15) is 15.9 Å². The van der Waals surface area contributed by atoms with Gasteiger partial charge in [-0.1, -0.05) is 12.1 Å². The molecule has 1 amide bonds. The summed E-state index contributed by atoms with van der Waals surface area (Å²) in [6, 6.07) is 11.2. The number of methoxy groups -OCH3 is 1. The first-order valence-electron chi connectivity index (χ1n) is 6.46. The molecule has 2 aromatic rings. The van der Waals surface area contributed by atoms with E-state index in [0.29, 0.717) is 5.75 Å². The normalized spacial score (nSPS) is 10.0. The highest BCUT2D eigenvalue weighted by Crippen LogP contribution is 2.22. The fourth-order valence-corrected chi connectivity index (χ4v) is 1.91. The van der Waals surface area contributed by atoms with Crippen molar-refractivity contribution < 1.29 is 14.5 Å². The summed E-state index contributed by atoms with van der Waals surface area (Å²) < 4.78 is 5.10. The zero-order valence-electron chi connectivity index (χ0n) is 11.9. The summed E-state index contributed by atoms with van der Waals surface area (Å²) in [4.78, 5) is 22.3. The number of nitrogens with zero attached hydrogens (tertiary/aromatic N) is 1. The Hall–Kier alpha value is -3.09. The highest BCUT2D eigenvalue weighted by atomic mass is 16.6. The van der Waals surface area contributed by atoms with Crippen molar-refractivity contribution in [1.82, 2.24) is 5.32 Å². The summed E-state index contributed by atoms with van der Waals surface area (Å²) in [6.45, 7) is 0.286. The lowest BCUT2D eigenvalue weighted by molar-refractivity contribution is -0.383. The summed E-state index contributed by atoms with van der Waals surface area (Å²) in [6.07, 6.45) is 0. The number of carbonyl (C=O) groups excluding carboxylic acids is 1. The molecule has 3 N–H and O–H groups in total. The Morgan fingerprint density at radius 2 is 2.09 bits per heavy atom. The van der Waals surface area contributed by atoms with Crippen LogP contribution in [-0.4, -0.2) is 17.9 Å². The number of nitrogens with two attached hydrogens (primary N) is 1. The van der Waals surface area contributed by atoms with E-state index in [-0.39, 0.29) is 23.5 Å². The van der Waals surface area contributed by atoms with E-state index in [2.05, 4.69) is 5.32 Å². The van der Waals surface area contributed by atoms with Crippen LogP contribution in [0.15, 0.2) is 42.5 Å². The molecule has 0 spiro atoms. The van der Waals surface area contributed by atoms with Crippen molar-refractivity contribution in [3.63, 3.8) is 0 Å². The predicted octanol–water partition coefficient (Wildman–Crippen LogP) is 2.12. The average molecular weight is 301 g/mol. The minimum atomic E-state index is -0.617. The number of nitro groups is 1. The molecule has 0 unspecified atom stereocenters. The van der Waals surface area contributed by atoms with Crippen LogP contribution in [0, 0.1) is 10.1 Å². The highest BCUT2D eigenvalue weighted by Gasteiger charge is 2.15. The fraction of sp³-hybridized carbons (Fsp3) is 0.133. The van der Waals surface area contributed by atoms with E-state index in [4.69, 9.17) is 10.5 Å². The first-order chi connectivity index (χ1) is 10.5. The van der Waals surface area contributed by atoms with E-state index in [9.17, 15) is 14.9 Å². The van der Waals surface area contributed by atoms with Crippen molar-refractivity contribution >= 4 is 17.3 Å². The lowest BCUT2D eigenvalue weighted by atomic mass is 10.1. The molecule has 0 radical (unpaired) electrons. The Morgan fingerprint density at radius 3 is 2.77 bits per heavy atom. The second-order valence-corrected chi connectivity index (χ2v) is 4.56. The van der Waals surface area contributed by atoms with Gasteiger partial charge in [-0.05, 0) is 29.8 Å². The molecular weight excluding hydrogens is 286 g/mol. The zero-order valence-corrected chi connectivity index (χ0v) is 11.9. The third-order valence-corrected chi connectivity index (χ3v) is 3.08. The van der Waals surface area contributed by atoms with Gasteiger partial charge in [0.1, 0.15) is 11.4 Å². The van der Waals surface area contributed by atoms with Crippen molar-refractivity contribution in [2.24, 2.45) is 0 Å². The number of amides is 1. The van der Waals surface area contributed by atoms with Crippen LogP contribution in [0.3, 0.4) is 0 Å². The maximum absolute atomic E-state index is 12.1. The molecule has 2 aromatic carbocycles. The molecule has 0 saturated carbocycles. The fourth-order valence-electron chi connectivity index (χ4n) is 1.91. The van der Waals surface area contributed by atoms with E-state index in [0.717, 1.165) is 11.6 Å². The third kappa shape index (κ3) is 3.51. The lowest BCUT2D eigenvalue weighted by Gasteiger charge is -2.07. The Morgan fingerprint density at radius 1 is 1.32 bits per heavy atom. The first kappa shape index (κ1) is 15.3. The van der Waals surface area contributed by atoms with Crippen molar-refractivity contribution in [3.8, 4) is 5.75 Å². The third-order valence-electron chi connectivity index (χ3n) is 3.08.